The number of carbonyl (C=O) groups is 1. The maximum absolute atomic E-state index is 12.4. The molecule has 0 atom stereocenters. The number of benzene rings is 2. The Kier molecular flexibility index (Phi) is 6.07. The molecule has 1 N–H and O–H groups in total. The Morgan fingerprint density at radius 1 is 1.15 bits per heavy atom. The molecule has 1 amide bonds. The monoisotopic (exact) mass is 407 g/mol. The summed E-state index contributed by atoms with van der Waals surface area (Å²) >= 11 is 6.04. The molecule has 1 saturated carbocycles. The zero-order chi connectivity index (χ0) is 19.4. The molecule has 1 aliphatic rings. The van der Waals surface area contributed by atoms with Crippen LogP contribution in [0.25, 0.3) is 0 Å². The minimum absolute atomic E-state index is 0.342. The molecule has 0 heterocycles. The predicted octanol–water partition coefficient (Wildman–Crippen LogP) is 4.74. The third-order valence-electron chi connectivity index (χ3n) is 4.61. The van der Waals surface area contributed by atoms with Crippen LogP contribution in [0.15, 0.2) is 42.5 Å². The van der Waals surface area contributed by atoms with E-state index in [1.54, 1.807) is 18.2 Å². The molecule has 1 fully saturated rings. The minimum atomic E-state index is -3.45. The van der Waals surface area contributed by atoms with Gasteiger partial charge in [0, 0.05) is 5.02 Å². The summed E-state index contributed by atoms with van der Waals surface area (Å²) in [6, 6.07) is 12.3. The molecule has 0 bridgehead atoms. The molecule has 0 unspecified atom stereocenters. The highest BCUT2D eigenvalue weighted by atomic mass is 35.5. The lowest BCUT2D eigenvalue weighted by Gasteiger charge is -2.14. The number of hydrogen-bond donors (Lipinski definition) is 1. The van der Waals surface area contributed by atoms with Crippen molar-refractivity contribution in [2.45, 2.75) is 37.9 Å². The van der Waals surface area contributed by atoms with Crippen LogP contribution in [0.2, 0.25) is 5.02 Å². The predicted molar refractivity (Wildman–Crippen MR) is 107 cm³/mol. The fourth-order valence-electron chi connectivity index (χ4n) is 3.16. The van der Waals surface area contributed by atoms with Gasteiger partial charge >= 0.3 is 0 Å². The third-order valence-corrected chi connectivity index (χ3v) is 6.99. The highest BCUT2D eigenvalue weighted by Crippen LogP contribution is 2.32. The van der Waals surface area contributed by atoms with Gasteiger partial charge in [0.1, 0.15) is 11.5 Å². The minimum Gasteiger partial charge on any atom is -0.455 e. The molecule has 2 aromatic carbocycles. The summed E-state index contributed by atoms with van der Waals surface area (Å²) in [5.74, 6) is -0.112. The first-order valence-corrected chi connectivity index (χ1v) is 11.0. The van der Waals surface area contributed by atoms with E-state index in [9.17, 15) is 13.2 Å². The molecule has 0 saturated heterocycles. The fourth-order valence-corrected chi connectivity index (χ4v) is 5.05. The second kappa shape index (κ2) is 8.31. The van der Waals surface area contributed by atoms with Crippen LogP contribution in [0.4, 0.5) is 5.69 Å². The quantitative estimate of drug-likeness (QED) is 0.750. The Hall–Kier alpha value is -2.05. The summed E-state index contributed by atoms with van der Waals surface area (Å²) in [6.07, 6.45) is 3.06. The Labute approximate surface area is 164 Å². The fraction of sp³-hybridized carbons (Fsp3) is 0.350. The molecule has 7 heteroatoms. The number of nitrogens with one attached hydrogen (secondary N) is 1. The van der Waals surface area contributed by atoms with E-state index >= 15 is 0 Å². The van der Waals surface area contributed by atoms with Crippen molar-refractivity contribution < 1.29 is 17.9 Å². The first kappa shape index (κ1) is 19.7. The second-order valence-electron chi connectivity index (χ2n) is 6.82. The van der Waals surface area contributed by atoms with Crippen LogP contribution in [-0.4, -0.2) is 25.3 Å². The van der Waals surface area contributed by atoms with Gasteiger partial charge in [-0.2, -0.15) is 0 Å². The molecule has 0 spiro atoms. The van der Waals surface area contributed by atoms with E-state index in [0.29, 0.717) is 35.1 Å². The number of hydrogen-bond acceptors (Lipinski definition) is 4. The number of halogens is 1. The van der Waals surface area contributed by atoms with Crippen molar-refractivity contribution in [3.05, 3.63) is 53.1 Å². The average molecular weight is 408 g/mol. The highest BCUT2D eigenvalue weighted by Gasteiger charge is 2.30. The molecule has 0 radical (unpaired) electrons. The molecule has 3 rings (SSSR count). The smallest absolute Gasteiger partial charge is 0.239 e. The standard InChI is InChI=1S/C20H22ClNO4S/c1-14-6-9-16(10-7-14)26-19-11-8-15(21)12-18(19)22-20(23)13-27(24,25)17-4-2-3-5-17/h6-12,17H,2-5,13H2,1H3,(H,22,23). The van der Waals surface area contributed by atoms with E-state index < -0.39 is 26.7 Å². The summed E-state index contributed by atoms with van der Waals surface area (Å²) in [6.45, 7) is 1.97. The van der Waals surface area contributed by atoms with E-state index in [-0.39, 0.29) is 0 Å². The lowest BCUT2D eigenvalue weighted by Crippen LogP contribution is -2.29. The van der Waals surface area contributed by atoms with E-state index in [2.05, 4.69) is 5.32 Å². The largest absolute Gasteiger partial charge is 0.455 e. The molecule has 2 aromatic rings. The topological polar surface area (TPSA) is 72.5 Å². The molecule has 0 aliphatic heterocycles. The first-order chi connectivity index (χ1) is 12.8. The summed E-state index contributed by atoms with van der Waals surface area (Å²) in [5, 5.41) is 2.64. The van der Waals surface area contributed by atoms with E-state index in [1.807, 2.05) is 31.2 Å². The van der Waals surface area contributed by atoms with Crippen molar-refractivity contribution in [1.82, 2.24) is 0 Å². The molecule has 1 aliphatic carbocycles. The van der Waals surface area contributed by atoms with Gasteiger partial charge in [0.05, 0.1) is 10.9 Å². The summed E-state index contributed by atoms with van der Waals surface area (Å²) < 4.78 is 30.6. The Bertz CT molecular complexity index is 919. The average Bonchev–Trinajstić information content (AvgIpc) is 3.14. The Balaban J connectivity index is 1.74. The van der Waals surface area contributed by atoms with Crippen molar-refractivity contribution in [2.75, 3.05) is 11.1 Å². The molecule has 27 heavy (non-hydrogen) atoms. The Morgan fingerprint density at radius 2 is 1.81 bits per heavy atom. The van der Waals surface area contributed by atoms with Crippen LogP contribution in [0.3, 0.4) is 0 Å². The van der Waals surface area contributed by atoms with Crippen molar-refractivity contribution >= 4 is 33.0 Å². The van der Waals surface area contributed by atoms with Crippen molar-refractivity contribution in [3.8, 4) is 11.5 Å². The van der Waals surface area contributed by atoms with Gasteiger partial charge in [-0.1, -0.05) is 42.1 Å². The summed E-state index contributed by atoms with van der Waals surface area (Å²) in [4.78, 5) is 12.4. The van der Waals surface area contributed by atoms with Crippen LogP contribution in [0.5, 0.6) is 11.5 Å². The number of aryl methyl sites for hydroxylation is 1. The van der Waals surface area contributed by atoms with E-state index in [1.165, 1.54) is 0 Å². The lowest BCUT2D eigenvalue weighted by atomic mass is 10.2. The van der Waals surface area contributed by atoms with Crippen molar-refractivity contribution in [1.29, 1.82) is 0 Å². The van der Waals surface area contributed by atoms with Gasteiger partial charge in [-0.3, -0.25) is 4.79 Å². The third kappa shape index (κ3) is 5.23. The van der Waals surface area contributed by atoms with Crippen LogP contribution in [0, 0.1) is 6.92 Å². The SMILES string of the molecule is Cc1ccc(Oc2ccc(Cl)cc2NC(=O)CS(=O)(=O)C2CCCC2)cc1. The van der Waals surface area contributed by atoms with Gasteiger partial charge in [0.25, 0.3) is 0 Å². The highest BCUT2D eigenvalue weighted by molar-refractivity contribution is 7.92. The number of amides is 1. The van der Waals surface area contributed by atoms with E-state index in [0.717, 1.165) is 18.4 Å². The number of carbonyl (C=O) groups excluding carboxylic acids is 1. The van der Waals surface area contributed by atoms with Crippen LogP contribution >= 0.6 is 11.6 Å². The summed E-state index contributed by atoms with van der Waals surface area (Å²) in [5.41, 5.74) is 1.44. The van der Waals surface area contributed by atoms with Gasteiger partial charge in [-0.05, 0) is 50.1 Å². The van der Waals surface area contributed by atoms with Gasteiger partial charge in [0.2, 0.25) is 5.91 Å². The maximum Gasteiger partial charge on any atom is 0.239 e. The maximum atomic E-state index is 12.4. The number of anilines is 1. The van der Waals surface area contributed by atoms with Crippen LogP contribution in [0.1, 0.15) is 31.2 Å². The van der Waals surface area contributed by atoms with Crippen molar-refractivity contribution in [2.24, 2.45) is 0 Å². The lowest BCUT2D eigenvalue weighted by molar-refractivity contribution is -0.113. The van der Waals surface area contributed by atoms with Crippen LogP contribution < -0.4 is 10.1 Å². The number of rotatable bonds is 6. The van der Waals surface area contributed by atoms with Gasteiger partial charge in [-0.15, -0.1) is 0 Å². The molecular formula is C20H22ClNO4S. The number of ether oxygens (including phenoxy) is 1. The molecule has 5 nitrogen and oxygen atoms in total. The van der Waals surface area contributed by atoms with Gasteiger partial charge in [0.15, 0.2) is 15.6 Å². The molecule has 144 valence electrons. The zero-order valence-electron chi connectivity index (χ0n) is 15.1. The second-order valence-corrected chi connectivity index (χ2v) is 9.53. The zero-order valence-corrected chi connectivity index (χ0v) is 16.6. The normalized spacial score (nSPS) is 14.9. The molecular weight excluding hydrogens is 386 g/mol. The van der Waals surface area contributed by atoms with Gasteiger partial charge < -0.3 is 10.1 Å². The summed E-state index contributed by atoms with van der Waals surface area (Å²) in [7, 11) is -3.45. The number of sulfone groups is 1. The Morgan fingerprint density at radius 3 is 2.48 bits per heavy atom. The van der Waals surface area contributed by atoms with Crippen molar-refractivity contribution in [3.63, 3.8) is 0 Å². The van der Waals surface area contributed by atoms with Gasteiger partial charge in [-0.25, -0.2) is 8.42 Å². The first-order valence-electron chi connectivity index (χ1n) is 8.89. The molecule has 0 aromatic heterocycles. The van der Waals surface area contributed by atoms with Crippen LogP contribution in [-0.2, 0) is 14.6 Å². The van der Waals surface area contributed by atoms with E-state index in [4.69, 9.17) is 16.3 Å².